The summed E-state index contributed by atoms with van der Waals surface area (Å²) in [4.78, 5) is 13.3. The molecule has 0 aliphatic carbocycles. The van der Waals surface area contributed by atoms with Gasteiger partial charge in [0.2, 0.25) is 15.9 Å². The molecule has 2 aromatic carbocycles. The van der Waals surface area contributed by atoms with Gasteiger partial charge in [-0.05, 0) is 49.9 Å². The molecule has 5 nitrogen and oxygen atoms in total. The molecule has 0 aliphatic rings. The first kappa shape index (κ1) is 19.3. The molecule has 134 valence electrons. The second-order valence-electron chi connectivity index (χ2n) is 5.84. The summed E-state index contributed by atoms with van der Waals surface area (Å²) in [6, 6.07) is 12.8. The zero-order chi connectivity index (χ0) is 18.6. The molecule has 2 rings (SSSR count). The first-order valence-corrected chi connectivity index (χ1v) is 10.8. The van der Waals surface area contributed by atoms with Crippen LogP contribution in [0.5, 0.6) is 0 Å². The maximum Gasteiger partial charge on any atom is 0.245 e. The van der Waals surface area contributed by atoms with E-state index < -0.39 is 10.0 Å². The molecule has 0 heterocycles. The molecule has 0 saturated carbocycles. The van der Waals surface area contributed by atoms with Gasteiger partial charge >= 0.3 is 0 Å². The number of benzene rings is 2. The van der Waals surface area contributed by atoms with E-state index in [1.165, 1.54) is 11.8 Å². The van der Waals surface area contributed by atoms with E-state index in [0.717, 1.165) is 26.6 Å². The molecule has 7 heteroatoms. The van der Waals surface area contributed by atoms with Crippen molar-refractivity contribution in [3.8, 4) is 0 Å². The van der Waals surface area contributed by atoms with Crippen molar-refractivity contribution in [1.82, 2.24) is 0 Å². The zero-order valence-corrected chi connectivity index (χ0v) is 16.4. The normalized spacial score (nSPS) is 11.2. The number of sulfonamides is 1. The lowest BCUT2D eigenvalue weighted by atomic mass is 10.1. The quantitative estimate of drug-likeness (QED) is 0.782. The summed E-state index contributed by atoms with van der Waals surface area (Å²) in [7, 11) is -3.58. The standard InChI is InChI=1S/C18H22N2O3S2/c1-13-8-9-17(14(2)10-13)19-18(21)12-20(25(4,22)23)15-6-5-7-16(11-15)24-3/h5-11H,12H2,1-4H3,(H,19,21). The van der Waals surface area contributed by atoms with E-state index in [0.29, 0.717) is 11.4 Å². The molecule has 0 fully saturated rings. The third kappa shape index (κ3) is 5.24. The number of nitrogens with zero attached hydrogens (tertiary/aromatic N) is 1. The molecule has 1 N–H and O–H groups in total. The molecule has 25 heavy (non-hydrogen) atoms. The third-order valence-electron chi connectivity index (χ3n) is 3.68. The first-order chi connectivity index (χ1) is 11.7. The zero-order valence-electron chi connectivity index (χ0n) is 14.7. The van der Waals surface area contributed by atoms with Crippen molar-refractivity contribution in [2.24, 2.45) is 0 Å². The number of nitrogens with one attached hydrogen (secondary N) is 1. The number of rotatable bonds is 6. The van der Waals surface area contributed by atoms with Gasteiger partial charge in [0.1, 0.15) is 6.54 Å². The van der Waals surface area contributed by atoms with Crippen molar-refractivity contribution in [1.29, 1.82) is 0 Å². The van der Waals surface area contributed by atoms with Crippen LogP contribution in [-0.2, 0) is 14.8 Å². The average Bonchev–Trinajstić information content (AvgIpc) is 2.54. The highest BCUT2D eigenvalue weighted by Crippen LogP contribution is 2.24. The molecule has 0 aromatic heterocycles. The minimum absolute atomic E-state index is 0.274. The summed E-state index contributed by atoms with van der Waals surface area (Å²) in [6.45, 7) is 3.60. The number of hydrogen-bond acceptors (Lipinski definition) is 4. The lowest BCUT2D eigenvalue weighted by Crippen LogP contribution is -2.37. The van der Waals surface area contributed by atoms with E-state index in [9.17, 15) is 13.2 Å². The van der Waals surface area contributed by atoms with Crippen LogP contribution in [0, 0.1) is 13.8 Å². The molecule has 0 atom stereocenters. The van der Waals surface area contributed by atoms with Gasteiger partial charge in [-0.2, -0.15) is 0 Å². The third-order valence-corrected chi connectivity index (χ3v) is 5.55. The maximum atomic E-state index is 12.4. The molecule has 0 unspecified atom stereocenters. The van der Waals surface area contributed by atoms with Crippen molar-refractivity contribution >= 4 is 39.1 Å². The van der Waals surface area contributed by atoms with Crippen LogP contribution in [0.25, 0.3) is 0 Å². The topological polar surface area (TPSA) is 66.5 Å². The van der Waals surface area contributed by atoms with E-state index in [-0.39, 0.29) is 12.5 Å². The Hall–Kier alpha value is -1.99. The SMILES string of the molecule is CSc1cccc(N(CC(=O)Nc2ccc(C)cc2C)S(C)(=O)=O)c1. The Bertz CT molecular complexity index is 880. The monoisotopic (exact) mass is 378 g/mol. The molecule has 0 aliphatic heterocycles. The average molecular weight is 379 g/mol. The Kier molecular flexibility index (Phi) is 6.13. The van der Waals surface area contributed by atoms with Gasteiger partial charge in [0.15, 0.2) is 0 Å². The smallest absolute Gasteiger partial charge is 0.245 e. The maximum absolute atomic E-state index is 12.4. The van der Waals surface area contributed by atoms with Crippen molar-refractivity contribution < 1.29 is 13.2 Å². The fourth-order valence-electron chi connectivity index (χ4n) is 2.44. The highest BCUT2D eigenvalue weighted by Gasteiger charge is 2.21. The van der Waals surface area contributed by atoms with E-state index in [4.69, 9.17) is 0 Å². The van der Waals surface area contributed by atoms with E-state index in [1.54, 1.807) is 18.2 Å². The number of hydrogen-bond donors (Lipinski definition) is 1. The Balaban J connectivity index is 2.23. The molecule has 2 aromatic rings. The number of aryl methyl sites for hydroxylation is 2. The molecule has 0 saturated heterocycles. The number of thioether (sulfide) groups is 1. The predicted molar refractivity (Wildman–Crippen MR) is 105 cm³/mol. The second-order valence-corrected chi connectivity index (χ2v) is 8.62. The second kappa shape index (κ2) is 7.93. The van der Waals surface area contributed by atoms with Gasteiger partial charge in [0.25, 0.3) is 0 Å². The summed E-state index contributed by atoms with van der Waals surface area (Å²) in [5.74, 6) is -0.382. The van der Waals surface area contributed by atoms with Crippen molar-refractivity contribution in [2.45, 2.75) is 18.7 Å². The minimum atomic E-state index is -3.58. The molecule has 0 radical (unpaired) electrons. The van der Waals surface area contributed by atoms with E-state index in [1.807, 2.05) is 44.4 Å². The van der Waals surface area contributed by atoms with Gasteiger partial charge in [-0.25, -0.2) is 8.42 Å². The van der Waals surface area contributed by atoms with Crippen molar-refractivity contribution in [3.63, 3.8) is 0 Å². The van der Waals surface area contributed by atoms with Gasteiger partial charge in [0, 0.05) is 10.6 Å². The Labute approximate surface area is 153 Å². The van der Waals surface area contributed by atoms with Crippen molar-refractivity contribution in [2.75, 3.05) is 28.7 Å². The van der Waals surface area contributed by atoms with Gasteiger partial charge < -0.3 is 5.32 Å². The highest BCUT2D eigenvalue weighted by atomic mass is 32.2. The van der Waals surface area contributed by atoms with Gasteiger partial charge in [-0.15, -0.1) is 11.8 Å². The fourth-order valence-corrected chi connectivity index (χ4v) is 3.74. The van der Waals surface area contributed by atoms with Crippen LogP contribution in [0.2, 0.25) is 0 Å². The van der Waals surface area contributed by atoms with Crippen LogP contribution in [-0.4, -0.2) is 33.4 Å². The van der Waals surface area contributed by atoms with Gasteiger partial charge in [-0.3, -0.25) is 9.10 Å². The lowest BCUT2D eigenvalue weighted by Gasteiger charge is -2.22. The van der Waals surface area contributed by atoms with Crippen LogP contribution in [0.15, 0.2) is 47.4 Å². The van der Waals surface area contributed by atoms with E-state index in [2.05, 4.69) is 5.32 Å². The minimum Gasteiger partial charge on any atom is -0.324 e. The predicted octanol–water partition coefficient (Wildman–Crippen LogP) is 3.43. The Morgan fingerprint density at radius 1 is 1.16 bits per heavy atom. The van der Waals surface area contributed by atoms with Gasteiger partial charge in [0.05, 0.1) is 11.9 Å². The van der Waals surface area contributed by atoms with Crippen LogP contribution < -0.4 is 9.62 Å². The largest absolute Gasteiger partial charge is 0.324 e. The number of anilines is 2. The molecule has 1 amide bonds. The highest BCUT2D eigenvalue weighted by molar-refractivity contribution is 7.98. The van der Waals surface area contributed by atoms with Crippen LogP contribution in [0.1, 0.15) is 11.1 Å². The molecule has 0 spiro atoms. The van der Waals surface area contributed by atoms with Crippen LogP contribution in [0.4, 0.5) is 11.4 Å². The Morgan fingerprint density at radius 3 is 2.48 bits per heavy atom. The first-order valence-electron chi connectivity index (χ1n) is 7.69. The van der Waals surface area contributed by atoms with Crippen molar-refractivity contribution in [3.05, 3.63) is 53.6 Å². The number of amides is 1. The van der Waals surface area contributed by atoms with E-state index >= 15 is 0 Å². The molecule has 0 bridgehead atoms. The molecular weight excluding hydrogens is 356 g/mol. The summed E-state index contributed by atoms with van der Waals surface area (Å²) in [5, 5.41) is 2.79. The van der Waals surface area contributed by atoms with Gasteiger partial charge in [-0.1, -0.05) is 23.8 Å². The number of carbonyl (C=O) groups is 1. The molecular formula is C18H22N2O3S2. The number of carbonyl (C=O) groups excluding carboxylic acids is 1. The lowest BCUT2D eigenvalue weighted by molar-refractivity contribution is -0.114. The summed E-state index contributed by atoms with van der Waals surface area (Å²) < 4.78 is 25.5. The fraction of sp³-hybridized carbons (Fsp3) is 0.278. The van der Waals surface area contributed by atoms with Crippen LogP contribution >= 0.6 is 11.8 Å². The summed E-state index contributed by atoms with van der Waals surface area (Å²) >= 11 is 1.51. The Morgan fingerprint density at radius 2 is 1.88 bits per heavy atom. The van der Waals surface area contributed by atoms with Crippen LogP contribution in [0.3, 0.4) is 0 Å². The summed E-state index contributed by atoms with van der Waals surface area (Å²) in [5.41, 5.74) is 3.19. The summed E-state index contributed by atoms with van der Waals surface area (Å²) in [6.07, 6.45) is 3.01.